The SMILES string of the molecule is O=C(NCCCO)c1ccc(NC(=O)c2cc(F)cc(F)c2)cc1. The minimum Gasteiger partial charge on any atom is -0.396 e. The Morgan fingerprint density at radius 3 is 2.12 bits per heavy atom. The van der Waals surface area contributed by atoms with Crippen molar-refractivity contribution in [1.82, 2.24) is 5.32 Å². The smallest absolute Gasteiger partial charge is 0.255 e. The van der Waals surface area contributed by atoms with Crippen molar-refractivity contribution < 1.29 is 23.5 Å². The number of amides is 2. The van der Waals surface area contributed by atoms with Crippen molar-refractivity contribution >= 4 is 17.5 Å². The second-order valence-corrected chi connectivity index (χ2v) is 5.02. The third-order valence-corrected chi connectivity index (χ3v) is 3.15. The van der Waals surface area contributed by atoms with Gasteiger partial charge >= 0.3 is 0 Å². The number of halogens is 2. The monoisotopic (exact) mass is 334 g/mol. The zero-order valence-corrected chi connectivity index (χ0v) is 12.7. The highest BCUT2D eigenvalue weighted by Crippen LogP contribution is 2.13. The van der Waals surface area contributed by atoms with Gasteiger partial charge in [-0.15, -0.1) is 0 Å². The summed E-state index contributed by atoms with van der Waals surface area (Å²) in [7, 11) is 0. The van der Waals surface area contributed by atoms with E-state index in [0.717, 1.165) is 12.1 Å². The summed E-state index contributed by atoms with van der Waals surface area (Å²) in [5, 5.41) is 13.8. The van der Waals surface area contributed by atoms with Crippen LogP contribution in [-0.4, -0.2) is 30.1 Å². The molecule has 0 aliphatic heterocycles. The molecular weight excluding hydrogens is 318 g/mol. The van der Waals surface area contributed by atoms with Crippen molar-refractivity contribution in [2.45, 2.75) is 6.42 Å². The van der Waals surface area contributed by atoms with Gasteiger partial charge < -0.3 is 15.7 Å². The predicted octanol–water partition coefficient (Wildman–Crippen LogP) is 2.33. The molecule has 0 bridgehead atoms. The number of hydrogen-bond acceptors (Lipinski definition) is 3. The maximum atomic E-state index is 13.1. The molecular formula is C17H16F2N2O3. The molecule has 0 saturated heterocycles. The molecule has 0 heterocycles. The first-order valence-corrected chi connectivity index (χ1v) is 7.26. The lowest BCUT2D eigenvalue weighted by atomic mass is 10.1. The molecule has 3 N–H and O–H groups in total. The molecule has 0 saturated carbocycles. The van der Waals surface area contributed by atoms with Crippen LogP contribution in [0.4, 0.5) is 14.5 Å². The Hall–Kier alpha value is -2.80. The highest BCUT2D eigenvalue weighted by Gasteiger charge is 2.10. The van der Waals surface area contributed by atoms with Crippen LogP contribution in [0, 0.1) is 11.6 Å². The van der Waals surface area contributed by atoms with E-state index < -0.39 is 17.5 Å². The Bertz CT molecular complexity index is 713. The lowest BCUT2D eigenvalue weighted by Crippen LogP contribution is -2.25. The highest BCUT2D eigenvalue weighted by atomic mass is 19.1. The zero-order valence-electron chi connectivity index (χ0n) is 12.7. The zero-order chi connectivity index (χ0) is 17.5. The van der Waals surface area contributed by atoms with Gasteiger partial charge in [0.15, 0.2) is 0 Å². The molecule has 5 nitrogen and oxygen atoms in total. The molecule has 0 radical (unpaired) electrons. The quantitative estimate of drug-likeness (QED) is 0.710. The summed E-state index contributed by atoms with van der Waals surface area (Å²) in [6.07, 6.45) is 0.462. The van der Waals surface area contributed by atoms with Gasteiger partial charge in [-0.2, -0.15) is 0 Å². The van der Waals surface area contributed by atoms with Gasteiger partial charge in [0.25, 0.3) is 11.8 Å². The third-order valence-electron chi connectivity index (χ3n) is 3.15. The molecule has 0 aliphatic carbocycles. The van der Waals surface area contributed by atoms with E-state index in [-0.39, 0.29) is 18.1 Å². The number of hydrogen-bond donors (Lipinski definition) is 3. The van der Waals surface area contributed by atoms with Gasteiger partial charge in [-0.1, -0.05) is 0 Å². The fourth-order valence-corrected chi connectivity index (χ4v) is 1.98. The number of nitrogens with one attached hydrogen (secondary N) is 2. The molecule has 0 spiro atoms. The number of anilines is 1. The van der Waals surface area contributed by atoms with E-state index in [2.05, 4.69) is 10.6 Å². The molecule has 0 atom stereocenters. The number of benzene rings is 2. The first-order valence-electron chi connectivity index (χ1n) is 7.26. The molecule has 7 heteroatoms. The van der Waals surface area contributed by atoms with Crippen molar-refractivity contribution in [3.05, 3.63) is 65.2 Å². The normalized spacial score (nSPS) is 10.3. The molecule has 0 fully saturated rings. The number of carbonyl (C=O) groups is 2. The summed E-state index contributed by atoms with van der Waals surface area (Å²) in [4.78, 5) is 23.8. The maximum absolute atomic E-state index is 13.1. The van der Waals surface area contributed by atoms with Crippen LogP contribution in [-0.2, 0) is 0 Å². The summed E-state index contributed by atoms with van der Waals surface area (Å²) >= 11 is 0. The van der Waals surface area contributed by atoms with E-state index in [0.29, 0.717) is 30.3 Å². The number of rotatable bonds is 6. The van der Waals surface area contributed by atoms with E-state index in [1.807, 2.05) is 0 Å². The predicted molar refractivity (Wildman–Crippen MR) is 84.8 cm³/mol. The number of carbonyl (C=O) groups excluding carboxylic acids is 2. The van der Waals surface area contributed by atoms with Crippen LogP contribution >= 0.6 is 0 Å². The Morgan fingerprint density at radius 1 is 0.917 bits per heavy atom. The molecule has 2 amide bonds. The van der Waals surface area contributed by atoms with Crippen LogP contribution in [0.5, 0.6) is 0 Å². The van der Waals surface area contributed by atoms with Crippen LogP contribution in [0.3, 0.4) is 0 Å². The fourth-order valence-electron chi connectivity index (χ4n) is 1.98. The molecule has 0 unspecified atom stereocenters. The summed E-state index contributed by atoms with van der Waals surface area (Å²) in [5.74, 6) is -2.63. The molecule has 2 rings (SSSR count). The molecule has 24 heavy (non-hydrogen) atoms. The first-order chi connectivity index (χ1) is 11.5. The summed E-state index contributed by atoms with van der Waals surface area (Å²) in [5.41, 5.74) is 0.637. The lowest BCUT2D eigenvalue weighted by molar-refractivity contribution is 0.0950. The van der Waals surface area contributed by atoms with Crippen LogP contribution in [0.2, 0.25) is 0 Å². The van der Waals surface area contributed by atoms with Gasteiger partial charge in [0.2, 0.25) is 0 Å². The third kappa shape index (κ3) is 4.85. The summed E-state index contributed by atoms with van der Waals surface area (Å²) < 4.78 is 26.2. The van der Waals surface area contributed by atoms with Crippen LogP contribution in [0.1, 0.15) is 27.1 Å². The highest BCUT2D eigenvalue weighted by molar-refractivity contribution is 6.04. The Morgan fingerprint density at radius 2 is 1.54 bits per heavy atom. The maximum Gasteiger partial charge on any atom is 0.255 e. The lowest BCUT2D eigenvalue weighted by Gasteiger charge is -2.07. The summed E-state index contributed by atoms with van der Waals surface area (Å²) in [6, 6.07) is 8.58. The van der Waals surface area contributed by atoms with E-state index in [4.69, 9.17) is 5.11 Å². The van der Waals surface area contributed by atoms with Crippen molar-refractivity contribution in [2.75, 3.05) is 18.5 Å². The number of aliphatic hydroxyl groups is 1. The number of aliphatic hydroxyl groups excluding tert-OH is 1. The molecule has 0 aliphatic rings. The van der Waals surface area contributed by atoms with Crippen molar-refractivity contribution in [2.24, 2.45) is 0 Å². The van der Waals surface area contributed by atoms with Crippen LogP contribution in [0.25, 0.3) is 0 Å². The summed E-state index contributed by atoms with van der Waals surface area (Å²) in [6.45, 7) is 0.352. The van der Waals surface area contributed by atoms with Crippen molar-refractivity contribution in [1.29, 1.82) is 0 Å². The van der Waals surface area contributed by atoms with Gasteiger partial charge in [-0.25, -0.2) is 8.78 Å². The Kier molecular flexibility index (Phi) is 5.97. The van der Waals surface area contributed by atoms with E-state index in [1.165, 1.54) is 24.3 Å². The van der Waals surface area contributed by atoms with Gasteiger partial charge in [0.1, 0.15) is 11.6 Å². The van der Waals surface area contributed by atoms with Gasteiger partial charge in [-0.3, -0.25) is 9.59 Å². The van der Waals surface area contributed by atoms with E-state index in [1.54, 1.807) is 0 Å². The standard InChI is InChI=1S/C17H16F2N2O3/c18-13-8-12(9-14(19)10-13)17(24)21-15-4-2-11(3-5-15)16(23)20-6-1-7-22/h2-5,8-10,22H,1,6-7H2,(H,20,23)(H,21,24). The van der Waals surface area contributed by atoms with Gasteiger partial charge in [-0.05, 0) is 42.8 Å². The van der Waals surface area contributed by atoms with Crippen molar-refractivity contribution in [3.8, 4) is 0 Å². The molecule has 0 aromatic heterocycles. The molecule has 126 valence electrons. The Balaban J connectivity index is 2.00. The minimum absolute atomic E-state index is 0.00801. The topological polar surface area (TPSA) is 78.4 Å². The van der Waals surface area contributed by atoms with Crippen molar-refractivity contribution in [3.63, 3.8) is 0 Å². The fraction of sp³-hybridized carbons (Fsp3) is 0.176. The minimum atomic E-state index is -0.838. The average Bonchev–Trinajstić information content (AvgIpc) is 2.54. The molecule has 2 aromatic carbocycles. The Labute approximate surface area is 137 Å². The molecule has 2 aromatic rings. The van der Waals surface area contributed by atoms with Gasteiger partial charge in [0, 0.05) is 36.0 Å². The van der Waals surface area contributed by atoms with Gasteiger partial charge in [0.05, 0.1) is 0 Å². The largest absolute Gasteiger partial charge is 0.396 e. The van der Waals surface area contributed by atoms with E-state index >= 15 is 0 Å². The van der Waals surface area contributed by atoms with Crippen LogP contribution < -0.4 is 10.6 Å². The van der Waals surface area contributed by atoms with Crippen LogP contribution in [0.15, 0.2) is 42.5 Å². The average molecular weight is 334 g/mol. The second-order valence-electron chi connectivity index (χ2n) is 5.02. The van der Waals surface area contributed by atoms with E-state index in [9.17, 15) is 18.4 Å². The first kappa shape index (κ1) is 17.6. The second kappa shape index (κ2) is 8.16.